The Bertz CT molecular complexity index is 1360. The van der Waals surface area contributed by atoms with Crippen molar-refractivity contribution in [3.63, 3.8) is 0 Å². The summed E-state index contributed by atoms with van der Waals surface area (Å²) in [5, 5.41) is -0.485. The molecule has 40 heavy (non-hydrogen) atoms. The van der Waals surface area contributed by atoms with E-state index in [4.69, 9.17) is 16.3 Å². The molecule has 1 N–H and O–H groups in total. The van der Waals surface area contributed by atoms with Gasteiger partial charge < -0.3 is 14.4 Å². The fourth-order valence-electron chi connectivity index (χ4n) is 4.56. The molecule has 0 aromatic heterocycles. The summed E-state index contributed by atoms with van der Waals surface area (Å²) < 4.78 is 89.5. The molecular weight excluding hydrogens is 580 g/mol. The molecule has 2 aromatic carbocycles. The third-order valence-corrected chi connectivity index (χ3v) is 8.11. The van der Waals surface area contributed by atoms with E-state index in [1.165, 1.54) is 32.3 Å². The molecule has 0 saturated carbocycles. The van der Waals surface area contributed by atoms with Crippen molar-refractivity contribution < 1.29 is 40.2 Å². The Balaban J connectivity index is 1.56. The number of hydrogen-bond acceptors (Lipinski definition) is 6. The zero-order chi connectivity index (χ0) is 29.2. The number of halogens is 5. The van der Waals surface area contributed by atoms with Crippen LogP contribution in [0.3, 0.4) is 0 Å². The number of benzene rings is 2. The SMILES string of the molecule is CN(C)S(=O)(=O)Nc1cc(Cl)c(OC(F)(F)F)cc1C=CC(=O)N1C2COCC1CN(Cc1ccc(F)cc1)C2. The van der Waals surface area contributed by atoms with Crippen LogP contribution in [0, 0.1) is 5.82 Å². The summed E-state index contributed by atoms with van der Waals surface area (Å²) in [5.41, 5.74) is 0.705. The molecule has 2 heterocycles. The summed E-state index contributed by atoms with van der Waals surface area (Å²) in [6, 6.07) is 7.46. The highest BCUT2D eigenvalue weighted by Crippen LogP contribution is 2.36. The maximum absolute atomic E-state index is 13.3. The van der Waals surface area contributed by atoms with Crippen LogP contribution in [-0.4, -0.2) is 87.3 Å². The third-order valence-electron chi connectivity index (χ3n) is 6.37. The van der Waals surface area contributed by atoms with Gasteiger partial charge in [0.1, 0.15) is 11.6 Å². The van der Waals surface area contributed by atoms with E-state index >= 15 is 0 Å². The summed E-state index contributed by atoms with van der Waals surface area (Å²) in [7, 11) is -1.53. The number of nitrogens with zero attached hydrogens (tertiary/aromatic N) is 3. The van der Waals surface area contributed by atoms with Gasteiger partial charge in [-0.05, 0) is 35.9 Å². The van der Waals surface area contributed by atoms with Crippen LogP contribution in [0.15, 0.2) is 42.5 Å². The van der Waals surface area contributed by atoms with Gasteiger partial charge in [-0.15, -0.1) is 13.2 Å². The molecule has 2 aromatic rings. The largest absolute Gasteiger partial charge is 0.573 e. The number of piperazine rings is 1. The fraction of sp³-hybridized carbons (Fsp3) is 0.400. The van der Waals surface area contributed by atoms with Crippen molar-refractivity contribution >= 4 is 39.5 Å². The number of fused-ring (bicyclic) bond motifs is 2. The number of amides is 1. The van der Waals surface area contributed by atoms with Crippen molar-refractivity contribution in [1.82, 2.24) is 14.1 Å². The van der Waals surface area contributed by atoms with E-state index in [1.807, 2.05) is 0 Å². The van der Waals surface area contributed by atoms with E-state index < -0.39 is 33.3 Å². The summed E-state index contributed by atoms with van der Waals surface area (Å²) in [6.07, 6.45) is -2.68. The van der Waals surface area contributed by atoms with Crippen molar-refractivity contribution in [2.24, 2.45) is 0 Å². The van der Waals surface area contributed by atoms with E-state index in [-0.39, 0.29) is 42.4 Å². The van der Waals surface area contributed by atoms with Gasteiger partial charge in [0.25, 0.3) is 0 Å². The number of nitrogens with one attached hydrogen (secondary N) is 1. The predicted octanol–water partition coefficient (Wildman–Crippen LogP) is 3.72. The van der Waals surface area contributed by atoms with Gasteiger partial charge in [0.05, 0.1) is 36.0 Å². The third kappa shape index (κ3) is 7.43. The first-order chi connectivity index (χ1) is 18.7. The smallest absolute Gasteiger partial charge is 0.404 e. The van der Waals surface area contributed by atoms with E-state index in [1.54, 1.807) is 17.0 Å². The molecule has 9 nitrogen and oxygen atoms in total. The van der Waals surface area contributed by atoms with Crippen LogP contribution >= 0.6 is 11.6 Å². The van der Waals surface area contributed by atoms with Gasteiger partial charge in [0, 0.05) is 45.4 Å². The lowest BCUT2D eigenvalue weighted by Gasteiger charge is -2.49. The van der Waals surface area contributed by atoms with E-state index in [9.17, 15) is 30.8 Å². The number of morpholine rings is 1. The molecule has 2 aliphatic rings. The first kappa shape index (κ1) is 30.1. The van der Waals surface area contributed by atoms with Gasteiger partial charge in [0.2, 0.25) is 5.91 Å². The standard InChI is InChI=1S/C25H27ClF4N4O5S/c1-32(2)40(36,37)31-22-10-21(26)23(39-25(28,29)30)9-17(22)5-8-24(35)34-19-12-33(13-20(34)15-38-14-19)11-16-3-6-18(27)7-4-16/h3-10,19-20,31H,11-15H2,1-2H3. The number of hydrogen-bond donors (Lipinski definition) is 1. The summed E-state index contributed by atoms with van der Waals surface area (Å²) in [6.45, 7) is 2.12. The quantitative estimate of drug-likeness (QED) is 0.364. The highest BCUT2D eigenvalue weighted by Gasteiger charge is 2.40. The maximum Gasteiger partial charge on any atom is 0.573 e. The molecular formula is C25H27ClF4N4O5S. The summed E-state index contributed by atoms with van der Waals surface area (Å²) >= 11 is 5.93. The Morgan fingerprint density at radius 3 is 2.38 bits per heavy atom. The molecule has 2 saturated heterocycles. The predicted molar refractivity (Wildman–Crippen MR) is 140 cm³/mol. The molecule has 218 valence electrons. The average molecular weight is 607 g/mol. The second-order valence-electron chi connectivity index (χ2n) is 9.55. The van der Waals surface area contributed by atoms with Gasteiger partial charge in [-0.3, -0.25) is 14.4 Å². The highest BCUT2D eigenvalue weighted by molar-refractivity contribution is 7.90. The maximum atomic E-state index is 13.3. The number of carbonyl (C=O) groups is 1. The van der Waals surface area contributed by atoms with Crippen molar-refractivity contribution in [2.75, 3.05) is 45.1 Å². The van der Waals surface area contributed by atoms with Crippen molar-refractivity contribution in [3.05, 3.63) is 64.4 Å². The lowest BCUT2D eigenvalue weighted by atomic mass is 10.0. The van der Waals surface area contributed by atoms with Gasteiger partial charge in [-0.1, -0.05) is 23.7 Å². The molecule has 2 atom stereocenters. The van der Waals surface area contributed by atoms with Crippen molar-refractivity contribution in [2.45, 2.75) is 25.0 Å². The summed E-state index contributed by atoms with van der Waals surface area (Å²) in [4.78, 5) is 17.1. The van der Waals surface area contributed by atoms with Crippen LogP contribution in [0.4, 0.5) is 23.2 Å². The second kappa shape index (κ2) is 11.9. The summed E-state index contributed by atoms with van der Waals surface area (Å²) in [5.74, 6) is -1.50. The molecule has 2 unspecified atom stereocenters. The van der Waals surface area contributed by atoms with Crippen LogP contribution in [0.5, 0.6) is 5.75 Å². The number of ether oxygens (including phenoxy) is 2. The van der Waals surface area contributed by atoms with Crippen LogP contribution < -0.4 is 9.46 Å². The van der Waals surface area contributed by atoms with Gasteiger partial charge >= 0.3 is 16.6 Å². The molecule has 0 radical (unpaired) electrons. The van der Waals surface area contributed by atoms with Gasteiger partial charge in [0.15, 0.2) is 0 Å². The molecule has 2 bridgehead atoms. The first-order valence-corrected chi connectivity index (χ1v) is 13.9. The average Bonchev–Trinajstić information content (AvgIpc) is 2.84. The first-order valence-electron chi connectivity index (χ1n) is 12.1. The monoisotopic (exact) mass is 606 g/mol. The lowest BCUT2D eigenvalue weighted by Crippen LogP contribution is -2.65. The topological polar surface area (TPSA) is 91.4 Å². The Morgan fingerprint density at radius 2 is 1.80 bits per heavy atom. The minimum atomic E-state index is -5.05. The van der Waals surface area contributed by atoms with Crippen LogP contribution in [-0.2, 0) is 26.3 Å². The number of alkyl halides is 3. The minimum Gasteiger partial charge on any atom is -0.404 e. The van der Waals surface area contributed by atoms with Crippen LogP contribution in [0.1, 0.15) is 11.1 Å². The van der Waals surface area contributed by atoms with E-state index in [0.717, 1.165) is 28.1 Å². The van der Waals surface area contributed by atoms with Crippen LogP contribution in [0.25, 0.3) is 6.08 Å². The Kier molecular flexibility index (Phi) is 8.95. The highest BCUT2D eigenvalue weighted by atomic mass is 35.5. The Morgan fingerprint density at radius 1 is 1.18 bits per heavy atom. The number of carbonyl (C=O) groups excluding carboxylic acids is 1. The molecule has 4 rings (SSSR count). The molecule has 15 heteroatoms. The van der Waals surface area contributed by atoms with E-state index in [0.29, 0.717) is 19.6 Å². The van der Waals surface area contributed by atoms with E-state index in [2.05, 4.69) is 14.4 Å². The number of anilines is 1. The zero-order valence-corrected chi connectivity index (χ0v) is 23.1. The molecule has 0 spiro atoms. The normalized spacial score (nSPS) is 20.2. The van der Waals surface area contributed by atoms with Crippen molar-refractivity contribution in [1.29, 1.82) is 0 Å². The van der Waals surface area contributed by atoms with Crippen molar-refractivity contribution in [3.8, 4) is 5.75 Å². The zero-order valence-electron chi connectivity index (χ0n) is 21.5. The Labute approximate surface area is 234 Å². The minimum absolute atomic E-state index is 0.0706. The Hall–Kier alpha value is -2.91. The van der Waals surface area contributed by atoms with Gasteiger partial charge in [-0.2, -0.15) is 12.7 Å². The lowest BCUT2D eigenvalue weighted by molar-refractivity contribution is -0.274. The van der Waals surface area contributed by atoms with Gasteiger partial charge in [-0.25, -0.2) is 4.39 Å². The molecule has 2 fully saturated rings. The molecule has 2 aliphatic heterocycles. The molecule has 0 aliphatic carbocycles. The number of rotatable bonds is 8. The fourth-order valence-corrected chi connectivity index (χ4v) is 5.40. The second-order valence-corrected chi connectivity index (χ2v) is 11.8. The molecule has 1 amide bonds. The van der Waals surface area contributed by atoms with Crippen LogP contribution in [0.2, 0.25) is 5.02 Å².